The van der Waals surface area contributed by atoms with Crippen molar-refractivity contribution < 1.29 is 0 Å². The molecule has 2 heterocycles. The van der Waals surface area contributed by atoms with Crippen LogP contribution in [-0.4, -0.2) is 10.7 Å². The van der Waals surface area contributed by atoms with Gasteiger partial charge in [0.2, 0.25) is 0 Å². The van der Waals surface area contributed by atoms with Gasteiger partial charge in [0, 0.05) is 22.0 Å². The highest BCUT2D eigenvalue weighted by Gasteiger charge is 2.21. The fourth-order valence-electron chi connectivity index (χ4n) is 8.71. The Balaban J connectivity index is 1.04. The van der Waals surface area contributed by atoms with Crippen LogP contribution in [0.4, 0.5) is 0 Å². The topological polar surface area (TPSA) is 37.3 Å². The van der Waals surface area contributed by atoms with Crippen LogP contribution in [0, 0.1) is 0 Å². The molecule has 10 aromatic rings. The van der Waals surface area contributed by atoms with E-state index < -0.39 is 0 Å². The van der Waals surface area contributed by atoms with E-state index >= 15 is 0 Å². The third-order valence-corrected chi connectivity index (χ3v) is 11.9. The van der Waals surface area contributed by atoms with Crippen LogP contribution in [0.5, 0.6) is 0 Å². The Morgan fingerprint density at radius 1 is 0.339 bits per heavy atom. The molecule has 292 valence electrons. The quantitative estimate of drug-likeness (QED) is 0.156. The minimum atomic E-state index is -0.199. The Kier molecular flexibility index (Phi) is 9.61. The van der Waals surface area contributed by atoms with Crippen molar-refractivity contribution in [1.82, 2.24) is 10.3 Å². The molecule has 1 unspecified atom stereocenters. The van der Waals surface area contributed by atoms with Crippen molar-refractivity contribution in [1.29, 1.82) is 0 Å². The minimum absolute atomic E-state index is 0.199. The first-order valence-corrected chi connectivity index (χ1v) is 21.2. The molecule has 1 atom stereocenters. The van der Waals surface area contributed by atoms with E-state index in [4.69, 9.17) is 9.98 Å². The van der Waals surface area contributed by atoms with Crippen molar-refractivity contribution in [2.24, 2.45) is 4.99 Å². The molecule has 0 bridgehead atoms. The molecular weight excluding hydrogens is 751 g/mol. The van der Waals surface area contributed by atoms with Crippen molar-refractivity contribution in [3.05, 3.63) is 253 Å². The monoisotopic (exact) mass is 791 g/mol. The first-order chi connectivity index (χ1) is 30.7. The molecule has 0 saturated heterocycles. The number of nitrogens with zero attached hydrogens (tertiary/aromatic N) is 2. The van der Waals surface area contributed by atoms with Crippen molar-refractivity contribution in [3.63, 3.8) is 0 Å². The van der Waals surface area contributed by atoms with Gasteiger partial charge in [-0.15, -0.1) is 0 Å². The summed E-state index contributed by atoms with van der Waals surface area (Å²) in [7, 11) is 0. The number of hydrogen-bond donors (Lipinski definition) is 1. The van der Waals surface area contributed by atoms with Gasteiger partial charge >= 0.3 is 0 Å². The average molecular weight is 792 g/mol. The molecule has 1 N–H and O–H groups in total. The molecule has 0 fully saturated rings. The van der Waals surface area contributed by atoms with Gasteiger partial charge in [-0.3, -0.25) is 4.99 Å². The van der Waals surface area contributed by atoms with E-state index in [0.29, 0.717) is 0 Å². The average Bonchev–Trinajstić information content (AvgIpc) is 3.37. The lowest BCUT2D eigenvalue weighted by atomic mass is 9.90. The molecule has 0 amide bonds. The van der Waals surface area contributed by atoms with Gasteiger partial charge < -0.3 is 5.32 Å². The summed E-state index contributed by atoms with van der Waals surface area (Å²) in [5.74, 6) is 0. The summed E-state index contributed by atoms with van der Waals surface area (Å²) in [4.78, 5) is 10.7. The van der Waals surface area contributed by atoms with Gasteiger partial charge in [-0.25, -0.2) is 4.98 Å². The van der Waals surface area contributed by atoms with Crippen LogP contribution in [-0.2, 0) is 0 Å². The first kappa shape index (κ1) is 36.9. The van der Waals surface area contributed by atoms with Gasteiger partial charge in [0.15, 0.2) is 0 Å². The van der Waals surface area contributed by atoms with Crippen LogP contribution in [0.2, 0.25) is 0 Å². The third kappa shape index (κ3) is 7.16. The van der Waals surface area contributed by atoms with Gasteiger partial charge in [0.25, 0.3) is 0 Å². The lowest BCUT2D eigenvalue weighted by Crippen LogP contribution is -2.24. The maximum atomic E-state index is 5.47. The zero-order chi connectivity index (χ0) is 41.2. The van der Waals surface area contributed by atoms with Crippen LogP contribution in [0.25, 0.3) is 83.1 Å². The van der Waals surface area contributed by atoms with Crippen LogP contribution in [0.3, 0.4) is 0 Å². The largest absolute Gasteiger partial charge is 0.360 e. The number of hydrogen-bond acceptors (Lipinski definition) is 3. The Morgan fingerprint density at radius 2 is 0.774 bits per heavy atom. The summed E-state index contributed by atoms with van der Waals surface area (Å²) in [5.41, 5.74) is 17.7. The second-order valence-electron chi connectivity index (χ2n) is 15.8. The summed E-state index contributed by atoms with van der Waals surface area (Å²) in [5, 5.41) is 7.08. The van der Waals surface area contributed by atoms with Gasteiger partial charge in [-0.2, -0.15) is 0 Å². The van der Waals surface area contributed by atoms with Crippen LogP contribution in [0.15, 0.2) is 242 Å². The van der Waals surface area contributed by atoms with Crippen LogP contribution in [0.1, 0.15) is 22.9 Å². The molecule has 3 heteroatoms. The van der Waals surface area contributed by atoms with Crippen LogP contribution < -0.4 is 5.32 Å². The molecule has 1 aliphatic heterocycles. The summed E-state index contributed by atoms with van der Waals surface area (Å²) in [6.07, 6.45) is 1.97. The van der Waals surface area contributed by atoms with Gasteiger partial charge in [0.1, 0.15) is 6.17 Å². The molecule has 62 heavy (non-hydrogen) atoms. The molecule has 0 radical (unpaired) electrons. The Bertz CT molecular complexity index is 3250. The van der Waals surface area contributed by atoms with Crippen molar-refractivity contribution in [2.75, 3.05) is 0 Å². The maximum absolute atomic E-state index is 5.47. The summed E-state index contributed by atoms with van der Waals surface area (Å²) in [6, 6.07) is 82.0. The van der Waals surface area contributed by atoms with E-state index in [-0.39, 0.29) is 6.17 Å². The molecule has 3 nitrogen and oxygen atoms in total. The zero-order valence-electron chi connectivity index (χ0n) is 34.0. The smallest absolute Gasteiger partial charge is 0.145 e. The predicted octanol–water partition coefficient (Wildman–Crippen LogP) is 14.9. The molecule has 0 spiro atoms. The Morgan fingerprint density at radius 3 is 1.35 bits per heavy atom. The number of nitrogens with one attached hydrogen (secondary N) is 1. The highest BCUT2D eigenvalue weighted by Crippen LogP contribution is 2.41. The van der Waals surface area contributed by atoms with E-state index in [9.17, 15) is 0 Å². The Hall–Kier alpha value is -8.14. The SMILES string of the molecule is C1=C(c2ccccc2)NC(c2ccccc2)N=C1c1ccc(-c2cc3c(-c4ccc(-c5ccccc5)cc4)cc(-c4ccc(-c5ccccc5)cc4)nc3c3ccccc23)cc1. The number of benzene rings is 9. The normalized spacial score (nSPS) is 13.6. The van der Waals surface area contributed by atoms with E-state index in [0.717, 1.165) is 77.7 Å². The highest BCUT2D eigenvalue weighted by atomic mass is 15.1. The number of pyridine rings is 1. The second-order valence-corrected chi connectivity index (χ2v) is 15.8. The van der Waals surface area contributed by atoms with E-state index in [1.807, 2.05) is 6.07 Å². The van der Waals surface area contributed by atoms with Gasteiger partial charge in [0.05, 0.1) is 16.9 Å². The third-order valence-electron chi connectivity index (χ3n) is 11.9. The predicted molar refractivity (Wildman–Crippen MR) is 260 cm³/mol. The Labute approximate surface area is 362 Å². The molecular formula is C59H41N3. The fraction of sp³-hybridized carbons (Fsp3) is 0.0169. The number of aliphatic imine (C=N–C) groups is 1. The standard InChI is InChI=1S/C59H41N3/c1-5-15-40(16-6-1)42-25-29-45(30-26-42)53-38-55(47-33-27-43(28-34-47)41-17-7-2-8-18-41)60-58-51-24-14-13-23-50(51)52(37-54(53)58)44-31-35-48(36-32-44)57-39-56(46-19-9-3-10-20-46)61-59(62-57)49-21-11-4-12-22-49/h1-39,59,61H. The van der Waals surface area contributed by atoms with E-state index in [1.165, 1.54) is 27.8 Å². The highest BCUT2D eigenvalue weighted by molar-refractivity contribution is 6.17. The molecule has 0 aliphatic carbocycles. The minimum Gasteiger partial charge on any atom is -0.360 e. The molecule has 1 aromatic heterocycles. The lowest BCUT2D eigenvalue weighted by Gasteiger charge is -2.25. The molecule has 1 aliphatic rings. The van der Waals surface area contributed by atoms with E-state index in [1.54, 1.807) is 0 Å². The summed E-state index contributed by atoms with van der Waals surface area (Å²) in [6.45, 7) is 0. The maximum Gasteiger partial charge on any atom is 0.145 e. The fourth-order valence-corrected chi connectivity index (χ4v) is 8.71. The van der Waals surface area contributed by atoms with E-state index in [2.05, 4.69) is 236 Å². The molecule has 0 saturated carbocycles. The first-order valence-electron chi connectivity index (χ1n) is 21.2. The summed E-state index contributed by atoms with van der Waals surface area (Å²) < 4.78 is 0. The number of rotatable bonds is 8. The van der Waals surface area contributed by atoms with Crippen molar-refractivity contribution >= 4 is 33.1 Å². The van der Waals surface area contributed by atoms with Gasteiger partial charge in [-0.05, 0) is 84.8 Å². The summed E-state index contributed by atoms with van der Waals surface area (Å²) >= 11 is 0. The second kappa shape index (κ2) is 16.1. The number of fused-ring (bicyclic) bond motifs is 3. The number of allylic oxidation sites excluding steroid dienone is 1. The van der Waals surface area contributed by atoms with Crippen molar-refractivity contribution in [2.45, 2.75) is 6.17 Å². The van der Waals surface area contributed by atoms with Crippen molar-refractivity contribution in [3.8, 4) is 55.8 Å². The lowest BCUT2D eigenvalue weighted by molar-refractivity contribution is 0.664. The van der Waals surface area contributed by atoms with Crippen LogP contribution >= 0.6 is 0 Å². The van der Waals surface area contributed by atoms with Gasteiger partial charge in [-0.1, -0.05) is 218 Å². The molecule has 11 rings (SSSR count). The number of aromatic nitrogens is 1. The molecule has 9 aromatic carbocycles. The zero-order valence-corrected chi connectivity index (χ0v) is 34.0.